The molecule has 2 aromatic carbocycles. The molecule has 2 rings (SSSR count). The highest BCUT2D eigenvalue weighted by molar-refractivity contribution is 7.89. The second-order valence-electron chi connectivity index (χ2n) is 6.11. The first-order valence-electron chi connectivity index (χ1n) is 8.45. The molecule has 0 aliphatic carbocycles. The number of aliphatic hydroxyl groups excluding tert-OH is 1. The second kappa shape index (κ2) is 9.61. The summed E-state index contributed by atoms with van der Waals surface area (Å²) >= 11 is 0. The maximum absolute atomic E-state index is 12.3. The normalized spacial score (nSPS) is 12.6. The molecule has 1 unspecified atom stereocenters. The van der Waals surface area contributed by atoms with Gasteiger partial charge in [0.1, 0.15) is 0 Å². The van der Waals surface area contributed by atoms with Gasteiger partial charge in [-0.05, 0) is 42.3 Å². The number of rotatable bonds is 9. The zero-order valence-corrected chi connectivity index (χ0v) is 16.1. The van der Waals surface area contributed by atoms with Crippen LogP contribution in [0, 0.1) is 0 Å². The van der Waals surface area contributed by atoms with Gasteiger partial charge < -0.3 is 15.2 Å². The van der Waals surface area contributed by atoms with Crippen molar-refractivity contribution in [2.75, 3.05) is 13.7 Å². The molecule has 0 saturated carbocycles. The number of hydrogen-bond donors (Lipinski definition) is 3. The van der Waals surface area contributed by atoms with E-state index in [0.717, 1.165) is 11.1 Å². The molecule has 3 N–H and O–H groups in total. The van der Waals surface area contributed by atoms with Gasteiger partial charge in [0.25, 0.3) is 5.91 Å². The van der Waals surface area contributed by atoms with Crippen LogP contribution in [-0.2, 0) is 27.9 Å². The molecule has 0 aliphatic rings. The molecule has 27 heavy (non-hydrogen) atoms. The highest BCUT2D eigenvalue weighted by Gasteiger charge is 2.15. The van der Waals surface area contributed by atoms with Crippen LogP contribution in [0.4, 0.5) is 0 Å². The number of amides is 1. The molecule has 8 heteroatoms. The maximum atomic E-state index is 12.3. The fourth-order valence-electron chi connectivity index (χ4n) is 2.40. The van der Waals surface area contributed by atoms with E-state index in [1.165, 1.54) is 31.2 Å². The van der Waals surface area contributed by atoms with Gasteiger partial charge in [-0.2, -0.15) is 0 Å². The Morgan fingerprint density at radius 2 is 1.74 bits per heavy atom. The van der Waals surface area contributed by atoms with Crippen LogP contribution in [0.1, 0.15) is 28.4 Å². The van der Waals surface area contributed by atoms with Gasteiger partial charge in [-0.1, -0.05) is 24.3 Å². The Labute approximate surface area is 159 Å². The minimum atomic E-state index is -3.72. The van der Waals surface area contributed by atoms with Gasteiger partial charge in [-0.25, -0.2) is 13.1 Å². The van der Waals surface area contributed by atoms with E-state index >= 15 is 0 Å². The third-order valence-electron chi connectivity index (χ3n) is 3.85. The van der Waals surface area contributed by atoms with Crippen molar-refractivity contribution in [3.8, 4) is 0 Å². The quantitative estimate of drug-likeness (QED) is 0.599. The SMILES string of the molecule is COCc1ccccc1CNC(=O)c1ccc(S(=O)(=O)NCC(C)O)cc1. The number of aliphatic hydroxyl groups is 1. The van der Waals surface area contributed by atoms with Gasteiger partial charge in [0.15, 0.2) is 0 Å². The summed E-state index contributed by atoms with van der Waals surface area (Å²) in [6, 6.07) is 13.3. The number of methoxy groups -OCH3 is 1. The average molecular weight is 392 g/mol. The summed E-state index contributed by atoms with van der Waals surface area (Å²) < 4.78 is 31.6. The third-order valence-corrected chi connectivity index (χ3v) is 5.29. The maximum Gasteiger partial charge on any atom is 0.251 e. The van der Waals surface area contributed by atoms with Crippen LogP contribution in [0.5, 0.6) is 0 Å². The molecule has 0 bridgehead atoms. The van der Waals surface area contributed by atoms with Gasteiger partial charge in [0.2, 0.25) is 10.0 Å². The van der Waals surface area contributed by atoms with E-state index in [9.17, 15) is 18.3 Å². The number of nitrogens with one attached hydrogen (secondary N) is 2. The third kappa shape index (κ3) is 6.14. The summed E-state index contributed by atoms with van der Waals surface area (Å²) in [5.41, 5.74) is 2.30. The van der Waals surface area contributed by atoms with Crippen LogP contribution in [0.15, 0.2) is 53.4 Å². The fraction of sp³-hybridized carbons (Fsp3) is 0.316. The van der Waals surface area contributed by atoms with E-state index < -0.39 is 16.1 Å². The standard InChI is InChI=1S/C19H24N2O5S/c1-14(22)11-21-27(24,25)18-9-7-15(8-10-18)19(23)20-12-16-5-3-4-6-17(16)13-26-2/h3-10,14,21-22H,11-13H2,1-2H3,(H,20,23). The molecule has 0 aliphatic heterocycles. The summed E-state index contributed by atoms with van der Waals surface area (Å²) in [6.07, 6.45) is -0.786. The van der Waals surface area contributed by atoms with Crippen molar-refractivity contribution in [2.45, 2.75) is 31.1 Å². The summed E-state index contributed by atoms with van der Waals surface area (Å²) in [4.78, 5) is 12.4. The van der Waals surface area contributed by atoms with Crippen molar-refractivity contribution in [3.05, 3.63) is 65.2 Å². The molecule has 0 saturated heterocycles. The Bertz CT molecular complexity index is 864. The van der Waals surface area contributed by atoms with E-state index in [-0.39, 0.29) is 17.3 Å². The summed E-state index contributed by atoms with van der Waals surface area (Å²) in [6.45, 7) is 2.21. The van der Waals surface area contributed by atoms with Crippen molar-refractivity contribution < 1.29 is 23.1 Å². The molecule has 146 valence electrons. The largest absolute Gasteiger partial charge is 0.392 e. The van der Waals surface area contributed by atoms with Crippen molar-refractivity contribution in [2.24, 2.45) is 0 Å². The van der Waals surface area contributed by atoms with E-state index in [2.05, 4.69) is 10.0 Å². The first kappa shape index (κ1) is 21.0. The number of carbonyl (C=O) groups excluding carboxylic acids is 1. The summed E-state index contributed by atoms with van der Waals surface area (Å²) in [7, 11) is -2.11. The van der Waals surface area contributed by atoms with Crippen molar-refractivity contribution in [1.82, 2.24) is 10.0 Å². The molecular weight excluding hydrogens is 368 g/mol. The van der Waals surface area contributed by atoms with Gasteiger partial charge in [0, 0.05) is 25.8 Å². The molecule has 2 aromatic rings. The number of sulfonamides is 1. The first-order chi connectivity index (χ1) is 12.8. The second-order valence-corrected chi connectivity index (χ2v) is 7.88. The molecular formula is C19H24N2O5S. The number of ether oxygens (including phenoxy) is 1. The van der Waals surface area contributed by atoms with E-state index in [4.69, 9.17) is 4.74 Å². The zero-order chi connectivity index (χ0) is 19.9. The Balaban J connectivity index is 2.02. The predicted molar refractivity (Wildman–Crippen MR) is 102 cm³/mol. The van der Waals surface area contributed by atoms with Gasteiger partial charge in [-0.3, -0.25) is 4.79 Å². The molecule has 0 radical (unpaired) electrons. The number of hydrogen-bond acceptors (Lipinski definition) is 5. The van der Waals surface area contributed by atoms with E-state index in [0.29, 0.717) is 18.7 Å². The van der Waals surface area contributed by atoms with Crippen molar-refractivity contribution >= 4 is 15.9 Å². The van der Waals surface area contributed by atoms with Crippen LogP contribution < -0.4 is 10.0 Å². The van der Waals surface area contributed by atoms with Gasteiger partial charge >= 0.3 is 0 Å². The summed E-state index contributed by atoms with van der Waals surface area (Å²) in [5.74, 6) is -0.303. The lowest BCUT2D eigenvalue weighted by Crippen LogP contribution is -2.30. The topological polar surface area (TPSA) is 105 Å². The fourth-order valence-corrected chi connectivity index (χ4v) is 3.52. The molecule has 7 nitrogen and oxygen atoms in total. The Morgan fingerprint density at radius 1 is 1.11 bits per heavy atom. The molecule has 0 fully saturated rings. The van der Waals surface area contributed by atoms with Crippen LogP contribution in [0.3, 0.4) is 0 Å². The molecule has 0 spiro atoms. The van der Waals surface area contributed by atoms with Crippen molar-refractivity contribution in [3.63, 3.8) is 0 Å². The van der Waals surface area contributed by atoms with Crippen molar-refractivity contribution in [1.29, 1.82) is 0 Å². The number of benzene rings is 2. The minimum absolute atomic E-state index is 0.0325. The lowest BCUT2D eigenvalue weighted by atomic mass is 10.1. The highest BCUT2D eigenvalue weighted by Crippen LogP contribution is 2.12. The van der Waals surface area contributed by atoms with Crippen LogP contribution in [0.2, 0.25) is 0 Å². The predicted octanol–water partition coefficient (Wildman–Crippen LogP) is 1.42. The zero-order valence-electron chi connectivity index (χ0n) is 15.3. The molecule has 1 amide bonds. The van der Waals surface area contributed by atoms with E-state index in [1.807, 2.05) is 24.3 Å². The molecule has 0 heterocycles. The van der Waals surface area contributed by atoms with Crippen LogP contribution >= 0.6 is 0 Å². The van der Waals surface area contributed by atoms with Gasteiger partial charge in [0.05, 0.1) is 17.6 Å². The number of carbonyl (C=O) groups is 1. The summed E-state index contributed by atoms with van der Waals surface area (Å²) in [5, 5.41) is 12.0. The average Bonchev–Trinajstić information content (AvgIpc) is 2.66. The Morgan fingerprint density at radius 3 is 2.33 bits per heavy atom. The lowest BCUT2D eigenvalue weighted by molar-refractivity contribution is 0.0950. The smallest absolute Gasteiger partial charge is 0.251 e. The molecule has 0 aromatic heterocycles. The molecule has 1 atom stereocenters. The first-order valence-corrected chi connectivity index (χ1v) is 9.93. The lowest BCUT2D eigenvalue weighted by Gasteiger charge is -2.11. The Kier molecular flexibility index (Phi) is 7.49. The van der Waals surface area contributed by atoms with Crippen LogP contribution in [-0.4, -0.2) is 39.2 Å². The monoisotopic (exact) mass is 392 g/mol. The minimum Gasteiger partial charge on any atom is -0.392 e. The highest BCUT2D eigenvalue weighted by atomic mass is 32.2. The Hall–Kier alpha value is -2.26. The van der Waals surface area contributed by atoms with Gasteiger partial charge in [-0.15, -0.1) is 0 Å². The van der Waals surface area contributed by atoms with E-state index in [1.54, 1.807) is 7.11 Å². The van der Waals surface area contributed by atoms with Crippen LogP contribution in [0.25, 0.3) is 0 Å².